The summed E-state index contributed by atoms with van der Waals surface area (Å²) in [6.07, 6.45) is -0.809. The highest BCUT2D eigenvalue weighted by Crippen LogP contribution is 2.36. The van der Waals surface area contributed by atoms with Crippen LogP contribution in [0.2, 0.25) is 0 Å². The van der Waals surface area contributed by atoms with Gasteiger partial charge in [0.05, 0.1) is 11.8 Å². The summed E-state index contributed by atoms with van der Waals surface area (Å²) in [5.74, 6) is -0.0334. The quantitative estimate of drug-likeness (QED) is 0.836. The molecule has 0 fully saturated rings. The van der Waals surface area contributed by atoms with Crippen molar-refractivity contribution in [1.82, 2.24) is 10.2 Å². The van der Waals surface area contributed by atoms with Gasteiger partial charge in [-0.05, 0) is 31.4 Å². The largest absolute Gasteiger partial charge is 0.387 e. The summed E-state index contributed by atoms with van der Waals surface area (Å²) >= 11 is 0. The summed E-state index contributed by atoms with van der Waals surface area (Å²) < 4.78 is 30.1. The van der Waals surface area contributed by atoms with Gasteiger partial charge in [0.15, 0.2) is 0 Å². The first kappa shape index (κ1) is 17.5. The third kappa shape index (κ3) is 3.73. The number of hydrogen-bond donors (Lipinski definition) is 2. The minimum atomic E-state index is -3.99. The second-order valence-corrected chi connectivity index (χ2v) is 8.14. The smallest absolute Gasteiger partial charge is 0.340 e. The first-order chi connectivity index (χ1) is 10.5. The Labute approximate surface area is 136 Å². The van der Waals surface area contributed by atoms with Crippen LogP contribution in [0.4, 0.5) is 0 Å². The number of aliphatic hydroxyl groups is 1. The SMILES string of the molecule is Cc1ccc(S(=O)(=O)Oc2n[nH]c(C(C)O)c2C(C)(C)C)cc1. The fourth-order valence-electron chi connectivity index (χ4n) is 2.28. The van der Waals surface area contributed by atoms with Crippen LogP contribution in [-0.2, 0) is 15.5 Å². The molecule has 0 radical (unpaired) electrons. The molecule has 1 atom stereocenters. The molecule has 1 heterocycles. The molecule has 0 saturated carbocycles. The van der Waals surface area contributed by atoms with Crippen molar-refractivity contribution in [2.75, 3.05) is 0 Å². The van der Waals surface area contributed by atoms with E-state index < -0.39 is 21.6 Å². The van der Waals surface area contributed by atoms with E-state index in [1.807, 2.05) is 27.7 Å². The van der Waals surface area contributed by atoms with Gasteiger partial charge in [-0.1, -0.05) is 38.5 Å². The molecule has 7 heteroatoms. The Morgan fingerprint density at radius 1 is 1.22 bits per heavy atom. The van der Waals surface area contributed by atoms with E-state index >= 15 is 0 Å². The van der Waals surface area contributed by atoms with Crippen molar-refractivity contribution in [1.29, 1.82) is 0 Å². The van der Waals surface area contributed by atoms with E-state index in [0.29, 0.717) is 11.3 Å². The second-order valence-electron chi connectivity index (χ2n) is 6.59. The highest BCUT2D eigenvalue weighted by atomic mass is 32.2. The van der Waals surface area contributed by atoms with Crippen LogP contribution in [-0.4, -0.2) is 23.7 Å². The molecule has 0 bridgehead atoms. The zero-order chi connectivity index (χ0) is 17.4. The minimum absolute atomic E-state index is 0.0334. The van der Waals surface area contributed by atoms with E-state index in [2.05, 4.69) is 10.2 Å². The Kier molecular flexibility index (Phi) is 4.54. The van der Waals surface area contributed by atoms with E-state index in [4.69, 9.17) is 4.18 Å². The predicted molar refractivity (Wildman–Crippen MR) is 86.9 cm³/mol. The number of H-pyrrole nitrogens is 1. The number of aliphatic hydroxyl groups excluding tert-OH is 1. The summed E-state index contributed by atoms with van der Waals surface area (Å²) in [5.41, 5.74) is 1.50. The Hall–Kier alpha value is -1.86. The van der Waals surface area contributed by atoms with E-state index in [0.717, 1.165) is 5.56 Å². The van der Waals surface area contributed by atoms with Gasteiger partial charge in [0.1, 0.15) is 4.90 Å². The number of benzene rings is 1. The molecule has 0 aliphatic heterocycles. The maximum Gasteiger partial charge on any atom is 0.340 e. The van der Waals surface area contributed by atoms with Gasteiger partial charge in [-0.15, -0.1) is 5.10 Å². The monoisotopic (exact) mass is 338 g/mol. The predicted octanol–water partition coefficient (Wildman–Crippen LogP) is 2.84. The third-order valence-corrected chi connectivity index (χ3v) is 4.65. The first-order valence-electron chi connectivity index (χ1n) is 7.30. The molecule has 2 aromatic rings. The van der Waals surface area contributed by atoms with Gasteiger partial charge >= 0.3 is 10.1 Å². The standard InChI is InChI=1S/C16H22N2O4S/c1-10-6-8-12(9-7-10)23(20,21)22-15-13(16(3,4)5)14(11(2)19)17-18-15/h6-9,11,19H,1-5H3,(H,17,18). The molecule has 1 unspecified atom stereocenters. The maximum atomic E-state index is 12.4. The van der Waals surface area contributed by atoms with E-state index in [9.17, 15) is 13.5 Å². The molecule has 0 spiro atoms. The Morgan fingerprint density at radius 2 is 1.78 bits per heavy atom. The van der Waals surface area contributed by atoms with Crippen molar-refractivity contribution >= 4 is 10.1 Å². The molecule has 1 aromatic heterocycles. The lowest BCUT2D eigenvalue weighted by atomic mass is 9.86. The number of aromatic nitrogens is 2. The average molecular weight is 338 g/mol. The Bertz CT molecular complexity index is 784. The summed E-state index contributed by atoms with van der Waals surface area (Å²) in [7, 11) is -3.99. The number of nitrogens with one attached hydrogen (secondary N) is 1. The zero-order valence-electron chi connectivity index (χ0n) is 13.9. The van der Waals surface area contributed by atoms with Crippen LogP contribution < -0.4 is 4.18 Å². The molecule has 1 aromatic carbocycles. The van der Waals surface area contributed by atoms with Gasteiger partial charge < -0.3 is 9.29 Å². The summed E-state index contributed by atoms with van der Waals surface area (Å²) in [6.45, 7) is 9.15. The summed E-state index contributed by atoms with van der Waals surface area (Å²) in [5, 5.41) is 16.5. The fraction of sp³-hybridized carbons (Fsp3) is 0.438. The molecule has 2 N–H and O–H groups in total. The average Bonchev–Trinajstić information content (AvgIpc) is 2.82. The number of hydrogen-bond acceptors (Lipinski definition) is 5. The zero-order valence-corrected chi connectivity index (χ0v) is 14.7. The van der Waals surface area contributed by atoms with Crippen molar-refractivity contribution < 1.29 is 17.7 Å². The lowest BCUT2D eigenvalue weighted by molar-refractivity contribution is 0.191. The normalized spacial score (nSPS) is 13.8. The number of nitrogens with zero attached hydrogens (tertiary/aromatic N) is 1. The van der Waals surface area contributed by atoms with Gasteiger partial charge in [0.25, 0.3) is 5.88 Å². The summed E-state index contributed by atoms with van der Waals surface area (Å²) in [4.78, 5) is 0.0598. The maximum absolute atomic E-state index is 12.4. The number of rotatable bonds is 4. The lowest BCUT2D eigenvalue weighted by Gasteiger charge is -2.21. The van der Waals surface area contributed by atoms with Crippen LogP contribution in [0.5, 0.6) is 5.88 Å². The molecule has 6 nitrogen and oxygen atoms in total. The number of aryl methyl sites for hydroxylation is 1. The van der Waals surface area contributed by atoms with Crippen LogP contribution in [0.15, 0.2) is 29.2 Å². The van der Waals surface area contributed by atoms with Crippen LogP contribution in [0.25, 0.3) is 0 Å². The number of aromatic amines is 1. The van der Waals surface area contributed by atoms with Crippen molar-refractivity contribution in [2.24, 2.45) is 0 Å². The molecule has 0 amide bonds. The van der Waals surface area contributed by atoms with Gasteiger partial charge in [-0.2, -0.15) is 8.42 Å². The topological polar surface area (TPSA) is 92.3 Å². The van der Waals surface area contributed by atoms with E-state index in [-0.39, 0.29) is 10.8 Å². The van der Waals surface area contributed by atoms with Gasteiger partial charge in [-0.25, -0.2) is 0 Å². The van der Waals surface area contributed by atoms with E-state index in [1.54, 1.807) is 19.1 Å². The van der Waals surface area contributed by atoms with Crippen molar-refractivity contribution in [3.8, 4) is 5.88 Å². The molecule has 0 saturated heterocycles. The highest BCUT2D eigenvalue weighted by Gasteiger charge is 2.31. The molecular weight excluding hydrogens is 316 g/mol. The third-order valence-electron chi connectivity index (χ3n) is 3.43. The van der Waals surface area contributed by atoms with Crippen LogP contribution in [0, 0.1) is 6.92 Å². The van der Waals surface area contributed by atoms with Crippen molar-refractivity contribution in [3.05, 3.63) is 41.1 Å². The fourth-order valence-corrected chi connectivity index (χ4v) is 3.18. The van der Waals surface area contributed by atoms with Crippen LogP contribution in [0.1, 0.15) is 50.6 Å². The molecule has 0 aliphatic carbocycles. The van der Waals surface area contributed by atoms with Crippen molar-refractivity contribution in [2.45, 2.75) is 51.0 Å². The highest BCUT2D eigenvalue weighted by molar-refractivity contribution is 7.87. The first-order valence-corrected chi connectivity index (χ1v) is 8.71. The Morgan fingerprint density at radius 3 is 2.26 bits per heavy atom. The van der Waals surface area contributed by atoms with Gasteiger partial charge in [0.2, 0.25) is 0 Å². The Balaban J connectivity index is 2.46. The van der Waals surface area contributed by atoms with E-state index in [1.165, 1.54) is 12.1 Å². The van der Waals surface area contributed by atoms with Crippen molar-refractivity contribution in [3.63, 3.8) is 0 Å². The van der Waals surface area contributed by atoms with Gasteiger partial charge in [-0.3, -0.25) is 5.10 Å². The minimum Gasteiger partial charge on any atom is -0.387 e. The second kappa shape index (κ2) is 5.98. The molecule has 0 aliphatic rings. The summed E-state index contributed by atoms with van der Waals surface area (Å²) in [6, 6.07) is 6.38. The molecular formula is C16H22N2O4S. The van der Waals surface area contributed by atoms with Crippen LogP contribution in [0.3, 0.4) is 0 Å². The van der Waals surface area contributed by atoms with Crippen LogP contribution >= 0.6 is 0 Å². The molecule has 23 heavy (non-hydrogen) atoms. The molecule has 126 valence electrons. The molecule has 2 rings (SSSR count). The lowest BCUT2D eigenvalue weighted by Crippen LogP contribution is -2.18. The van der Waals surface area contributed by atoms with Gasteiger partial charge in [0, 0.05) is 5.56 Å².